The monoisotopic (exact) mass is 256 g/mol. The molecular formula is C16H16O3. The van der Waals surface area contributed by atoms with Crippen molar-refractivity contribution in [3.8, 4) is 0 Å². The lowest BCUT2D eigenvalue weighted by Crippen LogP contribution is -2.66. The Morgan fingerprint density at radius 3 is 2.63 bits per heavy atom. The molecule has 5 unspecified atom stereocenters. The van der Waals surface area contributed by atoms with Crippen molar-refractivity contribution < 1.29 is 14.3 Å². The summed E-state index contributed by atoms with van der Waals surface area (Å²) in [4.78, 5) is 12.4. The number of carbonyl (C=O) groups is 1. The molecule has 3 aliphatic carbocycles. The highest BCUT2D eigenvalue weighted by Gasteiger charge is 2.85. The van der Waals surface area contributed by atoms with Crippen LogP contribution in [-0.4, -0.2) is 19.2 Å². The Labute approximate surface area is 111 Å². The Hall–Kier alpha value is -1.35. The molecule has 19 heavy (non-hydrogen) atoms. The third-order valence-corrected chi connectivity index (χ3v) is 5.88. The van der Waals surface area contributed by atoms with Gasteiger partial charge in [-0.2, -0.15) is 0 Å². The lowest BCUT2D eigenvalue weighted by atomic mass is 9.62. The van der Waals surface area contributed by atoms with Crippen LogP contribution in [-0.2, 0) is 19.9 Å². The molecule has 1 aromatic carbocycles. The normalized spacial score (nSPS) is 51.4. The summed E-state index contributed by atoms with van der Waals surface area (Å²) in [6.45, 7) is 0. The summed E-state index contributed by atoms with van der Waals surface area (Å²) in [6, 6.07) is 9.87. The van der Waals surface area contributed by atoms with Crippen LogP contribution in [0.5, 0.6) is 0 Å². The summed E-state index contributed by atoms with van der Waals surface area (Å²) in [7, 11) is 1.46. The number of fused-ring (bicyclic) bond motifs is 4. The molecule has 0 bridgehead atoms. The van der Waals surface area contributed by atoms with Gasteiger partial charge in [0.15, 0.2) is 5.60 Å². The Kier molecular flexibility index (Phi) is 1.67. The van der Waals surface area contributed by atoms with Crippen LogP contribution < -0.4 is 0 Å². The maximum atomic E-state index is 12.4. The van der Waals surface area contributed by atoms with Gasteiger partial charge in [0.25, 0.3) is 0 Å². The van der Waals surface area contributed by atoms with Gasteiger partial charge < -0.3 is 9.47 Å². The molecule has 1 aromatic rings. The number of esters is 1. The van der Waals surface area contributed by atoms with Gasteiger partial charge in [-0.1, -0.05) is 30.3 Å². The van der Waals surface area contributed by atoms with Gasteiger partial charge in [0, 0.05) is 5.92 Å². The standard InChI is InChI=1S/C16H16O3/c1-18-15(17)16(8-5-3-2-4-6-8)10-7-9-11-12(9)13(11)14(10)19-16/h2-6,9-14H,7H2,1H3. The summed E-state index contributed by atoms with van der Waals surface area (Å²) < 4.78 is 11.2. The van der Waals surface area contributed by atoms with Gasteiger partial charge in [0.05, 0.1) is 13.2 Å². The van der Waals surface area contributed by atoms with Crippen molar-refractivity contribution >= 4 is 5.97 Å². The van der Waals surface area contributed by atoms with Crippen LogP contribution >= 0.6 is 0 Å². The minimum atomic E-state index is -0.822. The molecule has 1 aliphatic heterocycles. The zero-order valence-electron chi connectivity index (χ0n) is 10.8. The Morgan fingerprint density at radius 2 is 2.00 bits per heavy atom. The van der Waals surface area contributed by atoms with Gasteiger partial charge in [-0.15, -0.1) is 0 Å². The van der Waals surface area contributed by atoms with E-state index < -0.39 is 5.60 Å². The van der Waals surface area contributed by atoms with E-state index in [0.717, 1.165) is 35.7 Å². The van der Waals surface area contributed by atoms with E-state index in [4.69, 9.17) is 9.47 Å². The number of hydrogen-bond donors (Lipinski definition) is 0. The number of benzene rings is 1. The molecule has 3 nitrogen and oxygen atoms in total. The lowest BCUT2D eigenvalue weighted by molar-refractivity contribution is -0.296. The third kappa shape index (κ3) is 1.00. The van der Waals surface area contributed by atoms with E-state index >= 15 is 0 Å². The first-order valence-corrected chi connectivity index (χ1v) is 7.11. The topological polar surface area (TPSA) is 35.5 Å². The SMILES string of the molecule is COC(=O)C1(c2ccccc2)OC2C3C4C(CC21)C43. The molecule has 0 spiro atoms. The molecule has 4 fully saturated rings. The van der Waals surface area contributed by atoms with Crippen LogP contribution in [0.2, 0.25) is 0 Å². The van der Waals surface area contributed by atoms with Crippen LogP contribution in [0, 0.1) is 29.6 Å². The van der Waals surface area contributed by atoms with Crippen molar-refractivity contribution in [2.75, 3.05) is 7.11 Å². The van der Waals surface area contributed by atoms with E-state index in [9.17, 15) is 4.79 Å². The predicted octanol–water partition coefficient (Wildman–Crippen LogP) is 1.97. The van der Waals surface area contributed by atoms with Gasteiger partial charge in [-0.05, 0) is 35.7 Å². The summed E-state index contributed by atoms with van der Waals surface area (Å²) in [5.74, 6) is 3.61. The van der Waals surface area contributed by atoms with E-state index in [1.165, 1.54) is 7.11 Å². The molecule has 1 saturated heterocycles. The first-order valence-electron chi connectivity index (χ1n) is 7.11. The number of hydrogen-bond acceptors (Lipinski definition) is 3. The minimum Gasteiger partial charge on any atom is -0.467 e. The van der Waals surface area contributed by atoms with Crippen LogP contribution in [0.1, 0.15) is 12.0 Å². The second-order valence-corrected chi connectivity index (χ2v) is 6.41. The van der Waals surface area contributed by atoms with Crippen molar-refractivity contribution in [3.63, 3.8) is 0 Å². The summed E-state index contributed by atoms with van der Waals surface area (Å²) in [6.07, 6.45) is 1.44. The van der Waals surface area contributed by atoms with E-state index in [1.807, 2.05) is 30.3 Å². The average molecular weight is 256 g/mol. The highest BCUT2D eigenvalue weighted by molar-refractivity contribution is 5.83. The Morgan fingerprint density at radius 1 is 1.26 bits per heavy atom. The van der Waals surface area contributed by atoms with Crippen LogP contribution in [0.3, 0.4) is 0 Å². The smallest absolute Gasteiger partial charge is 0.343 e. The maximum absolute atomic E-state index is 12.4. The van der Waals surface area contributed by atoms with Crippen molar-refractivity contribution in [2.45, 2.75) is 18.1 Å². The predicted molar refractivity (Wildman–Crippen MR) is 67.1 cm³/mol. The Bertz CT molecular complexity index is 559. The molecule has 3 heteroatoms. The molecule has 5 rings (SSSR count). The van der Waals surface area contributed by atoms with Crippen LogP contribution in [0.25, 0.3) is 0 Å². The van der Waals surface area contributed by atoms with Crippen molar-refractivity contribution in [1.29, 1.82) is 0 Å². The van der Waals surface area contributed by atoms with Gasteiger partial charge >= 0.3 is 5.97 Å². The number of ether oxygens (including phenoxy) is 2. The molecule has 3 saturated carbocycles. The first kappa shape index (κ1) is 10.4. The van der Waals surface area contributed by atoms with E-state index in [1.54, 1.807) is 0 Å². The zero-order chi connectivity index (χ0) is 12.8. The first-order chi connectivity index (χ1) is 9.29. The molecule has 5 atom stereocenters. The molecule has 0 amide bonds. The molecule has 0 radical (unpaired) electrons. The largest absolute Gasteiger partial charge is 0.467 e. The summed E-state index contributed by atoms with van der Waals surface area (Å²) >= 11 is 0. The second-order valence-electron chi connectivity index (χ2n) is 6.41. The van der Waals surface area contributed by atoms with Gasteiger partial charge in [0.2, 0.25) is 0 Å². The molecule has 1 heterocycles. The van der Waals surface area contributed by atoms with Gasteiger partial charge in [-0.3, -0.25) is 0 Å². The fourth-order valence-electron chi connectivity index (χ4n) is 4.91. The number of carbonyl (C=O) groups excluding carboxylic acids is 1. The lowest BCUT2D eigenvalue weighted by Gasteiger charge is -2.57. The molecule has 98 valence electrons. The fourth-order valence-corrected chi connectivity index (χ4v) is 4.91. The molecular weight excluding hydrogens is 240 g/mol. The van der Waals surface area contributed by atoms with Gasteiger partial charge in [0.1, 0.15) is 0 Å². The highest BCUT2D eigenvalue weighted by atomic mass is 16.6. The van der Waals surface area contributed by atoms with Crippen LogP contribution in [0.15, 0.2) is 30.3 Å². The number of rotatable bonds is 2. The Balaban J connectivity index is 1.56. The molecule has 0 aromatic heterocycles. The molecule has 4 aliphatic rings. The fraction of sp³-hybridized carbons (Fsp3) is 0.562. The zero-order valence-corrected chi connectivity index (χ0v) is 10.8. The highest BCUT2D eigenvalue weighted by Crippen LogP contribution is 2.83. The van der Waals surface area contributed by atoms with Crippen molar-refractivity contribution in [1.82, 2.24) is 0 Å². The summed E-state index contributed by atoms with van der Waals surface area (Å²) in [5, 5.41) is 0. The van der Waals surface area contributed by atoms with Crippen molar-refractivity contribution in [2.24, 2.45) is 29.6 Å². The van der Waals surface area contributed by atoms with Crippen molar-refractivity contribution in [3.05, 3.63) is 35.9 Å². The van der Waals surface area contributed by atoms with Crippen LogP contribution in [0.4, 0.5) is 0 Å². The molecule has 0 N–H and O–H groups in total. The maximum Gasteiger partial charge on any atom is 0.343 e. The average Bonchev–Trinajstić information content (AvgIpc) is 3.32. The third-order valence-electron chi connectivity index (χ3n) is 5.88. The van der Waals surface area contributed by atoms with E-state index in [2.05, 4.69) is 0 Å². The number of methoxy groups -OCH3 is 1. The van der Waals surface area contributed by atoms with Gasteiger partial charge in [-0.25, -0.2) is 4.79 Å². The van der Waals surface area contributed by atoms with E-state index in [0.29, 0.717) is 12.0 Å². The minimum absolute atomic E-state index is 0.226. The van der Waals surface area contributed by atoms with E-state index in [-0.39, 0.29) is 5.97 Å². The summed E-state index contributed by atoms with van der Waals surface area (Å²) in [5.41, 5.74) is 0.136. The second kappa shape index (κ2) is 3.04. The quantitative estimate of drug-likeness (QED) is 0.759.